The zero-order valence-corrected chi connectivity index (χ0v) is 12.8. The monoisotopic (exact) mass is 297 g/mol. The lowest BCUT2D eigenvalue weighted by molar-refractivity contribution is 0.0971. The first kappa shape index (κ1) is 14.5. The van der Waals surface area contributed by atoms with Crippen LogP contribution in [0.25, 0.3) is 0 Å². The number of ketones is 1. The van der Waals surface area contributed by atoms with Crippen LogP contribution in [0.1, 0.15) is 40.2 Å². The Kier molecular flexibility index (Phi) is 3.79. The molecule has 3 rings (SSSR count). The van der Waals surface area contributed by atoms with Gasteiger partial charge in [0.1, 0.15) is 5.82 Å². The summed E-state index contributed by atoms with van der Waals surface area (Å²) in [7, 11) is 1.77. The average molecular weight is 297 g/mol. The highest BCUT2D eigenvalue weighted by molar-refractivity contribution is 5.98. The van der Waals surface area contributed by atoms with Crippen molar-refractivity contribution in [2.45, 2.75) is 32.7 Å². The molecule has 0 atom stereocenters. The summed E-state index contributed by atoms with van der Waals surface area (Å²) in [5.41, 5.74) is 3.23. The van der Waals surface area contributed by atoms with E-state index in [2.05, 4.69) is 10.3 Å². The van der Waals surface area contributed by atoms with Crippen LogP contribution in [0, 0.1) is 6.92 Å². The van der Waals surface area contributed by atoms with Crippen molar-refractivity contribution >= 4 is 11.6 Å². The minimum atomic E-state index is 0.000591. The summed E-state index contributed by atoms with van der Waals surface area (Å²) in [5, 5.41) is 3.18. The van der Waals surface area contributed by atoms with Crippen LogP contribution in [0.4, 0.5) is 5.82 Å². The SMILES string of the molecule is Cc1ccc(CNc2ccc3c(n2)CCCC3=O)c(=O)n1C. The van der Waals surface area contributed by atoms with E-state index in [1.165, 1.54) is 0 Å². The van der Waals surface area contributed by atoms with Crippen molar-refractivity contribution in [1.29, 1.82) is 0 Å². The van der Waals surface area contributed by atoms with E-state index >= 15 is 0 Å². The molecule has 5 nitrogen and oxygen atoms in total. The predicted molar refractivity (Wildman–Crippen MR) is 85.3 cm³/mol. The Hall–Kier alpha value is -2.43. The fourth-order valence-corrected chi connectivity index (χ4v) is 2.70. The summed E-state index contributed by atoms with van der Waals surface area (Å²) >= 11 is 0. The maximum Gasteiger partial charge on any atom is 0.255 e. The standard InChI is InChI=1S/C17H19N3O2/c1-11-6-7-12(17(22)20(11)2)10-18-16-9-8-13-14(19-16)4-3-5-15(13)21/h6-9H,3-5,10H2,1-2H3,(H,18,19). The van der Waals surface area contributed by atoms with Gasteiger partial charge in [0.15, 0.2) is 5.78 Å². The number of fused-ring (bicyclic) bond motifs is 1. The summed E-state index contributed by atoms with van der Waals surface area (Å²) in [5.74, 6) is 0.879. The molecule has 114 valence electrons. The number of carbonyl (C=O) groups is 1. The number of anilines is 1. The van der Waals surface area contributed by atoms with Crippen molar-refractivity contribution in [1.82, 2.24) is 9.55 Å². The molecule has 0 spiro atoms. The second-order valence-electron chi connectivity index (χ2n) is 5.69. The van der Waals surface area contributed by atoms with Crippen molar-refractivity contribution in [3.05, 3.63) is 57.1 Å². The number of aromatic nitrogens is 2. The van der Waals surface area contributed by atoms with Gasteiger partial charge >= 0.3 is 0 Å². The highest BCUT2D eigenvalue weighted by atomic mass is 16.1. The van der Waals surface area contributed by atoms with E-state index in [4.69, 9.17) is 0 Å². The first-order valence-electron chi connectivity index (χ1n) is 7.49. The lowest BCUT2D eigenvalue weighted by Crippen LogP contribution is -2.24. The van der Waals surface area contributed by atoms with Crippen LogP contribution in [-0.4, -0.2) is 15.3 Å². The zero-order chi connectivity index (χ0) is 15.7. The number of carbonyl (C=O) groups excluding carboxylic acids is 1. The van der Waals surface area contributed by atoms with Crippen LogP contribution in [-0.2, 0) is 20.0 Å². The number of Topliss-reactive ketones (excluding diaryl/α,β-unsaturated/α-hetero) is 1. The summed E-state index contributed by atoms with van der Waals surface area (Å²) in [6.45, 7) is 2.33. The lowest BCUT2D eigenvalue weighted by atomic mass is 9.95. The lowest BCUT2D eigenvalue weighted by Gasteiger charge is -2.15. The Bertz CT molecular complexity index is 793. The predicted octanol–water partition coefficient (Wildman–Crippen LogP) is 2.22. The van der Waals surface area contributed by atoms with Gasteiger partial charge < -0.3 is 9.88 Å². The Morgan fingerprint density at radius 2 is 2.00 bits per heavy atom. The van der Waals surface area contributed by atoms with Gasteiger partial charge in [0, 0.05) is 36.8 Å². The van der Waals surface area contributed by atoms with Crippen LogP contribution in [0.3, 0.4) is 0 Å². The Balaban J connectivity index is 1.79. The first-order chi connectivity index (χ1) is 10.6. The van der Waals surface area contributed by atoms with Crippen molar-refractivity contribution in [2.24, 2.45) is 7.05 Å². The minimum absolute atomic E-state index is 0.000591. The molecule has 0 unspecified atom stereocenters. The van der Waals surface area contributed by atoms with Crippen LogP contribution >= 0.6 is 0 Å². The van der Waals surface area contributed by atoms with E-state index in [0.717, 1.165) is 29.8 Å². The molecule has 1 aliphatic carbocycles. The van der Waals surface area contributed by atoms with Gasteiger partial charge in [0.25, 0.3) is 5.56 Å². The van der Waals surface area contributed by atoms with Gasteiger partial charge in [-0.15, -0.1) is 0 Å². The molecule has 0 aromatic carbocycles. The van der Waals surface area contributed by atoms with Crippen LogP contribution in [0.2, 0.25) is 0 Å². The van der Waals surface area contributed by atoms with E-state index in [0.29, 0.717) is 24.3 Å². The number of aryl methyl sites for hydroxylation is 2. The third-order valence-corrected chi connectivity index (χ3v) is 4.19. The third kappa shape index (κ3) is 2.66. The molecule has 22 heavy (non-hydrogen) atoms. The molecule has 0 aliphatic heterocycles. The topological polar surface area (TPSA) is 64.0 Å². The normalized spacial score (nSPS) is 13.8. The molecule has 0 fully saturated rings. The minimum Gasteiger partial charge on any atom is -0.366 e. The molecule has 0 saturated heterocycles. The molecule has 0 bridgehead atoms. The fourth-order valence-electron chi connectivity index (χ4n) is 2.70. The maximum atomic E-state index is 12.1. The number of nitrogens with zero attached hydrogens (tertiary/aromatic N) is 2. The molecular formula is C17H19N3O2. The van der Waals surface area contributed by atoms with Gasteiger partial charge in [-0.25, -0.2) is 4.98 Å². The Morgan fingerprint density at radius 3 is 2.82 bits per heavy atom. The molecule has 0 radical (unpaired) electrons. The highest BCUT2D eigenvalue weighted by Crippen LogP contribution is 2.21. The van der Waals surface area contributed by atoms with Gasteiger partial charge in [-0.3, -0.25) is 9.59 Å². The maximum absolute atomic E-state index is 12.1. The smallest absolute Gasteiger partial charge is 0.255 e. The number of pyridine rings is 2. The Labute approximate surface area is 129 Å². The summed E-state index contributed by atoms with van der Waals surface area (Å²) in [6.07, 6.45) is 2.31. The average Bonchev–Trinajstić information content (AvgIpc) is 2.52. The zero-order valence-electron chi connectivity index (χ0n) is 12.8. The molecule has 2 heterocycles. The van der Waals surface area contributed by atoms with E-state index in [1.54, 1.807) is 17.7 Å². The highest BCUT2D eigenvalue weighted by Gasteiger charge is 2.18. The molecule has 1 aliphatic rings. The quantitative estimate of drug-likeness (QED) is 0.943. The molecule has 0 saturated carbocycles. The van der Waals surface area contributed by atoms with Crippen molar-refractivity contribution in [3.8, 4) is 0 Å². The van der Waals surface area contributed by atoms with E-state index in [-0.39, 0.29) is 11.3 Å². The van der Waals surface area contributed by atoms with Crippen LogP contribution < -0.4 is 10.9 Å². The first-order valence-corrected chi connectivity index (χ1v) is 7.49. The van der Waals surface area contributed by atoms with Gasteiger partial charge in [-0.05, 0) is 38.0 Å². The molecule has 2 aromatic rings. The summed E-state index contributed by atoms with van der Waals surface area (Å²) < 4.78 is 1.63. The summed E-state index contributed by atoms with van der Waals surface area (Å²) in [6, 6.07) is 7.41. The molecular weight excluding hydrogens is 278 g/mol. The van der Waals surface area contributed by atoms with E-state index < -0.39 is 0 Å². The molecule has 1 N–H and O–H groups in total. The van der Waals surface area contributed by atoms with Gasteiger partial charge in [-0.1, -0.05) is 6.07 Å². The van der Waals surface area contributed by atoms with Crippen molar-refractivity contribution < 1.29 is 4.79 Å². The van der Waals surface area contributed by atoms with Crippen molar-refractivity contribution in [3.63, 3.8) is 0 Å². The number of rotatable bonds is 3. The fraction of sp³-hybridized carbons (Fsp3) is 0.353. The summed E-state index contributed by atoms with van der Waals surface area (Å²) in [4.78, 5) is 28.4. The van der Waals surface area contributed by atoms with Gasteiger partial charge in [0.2, 0.25) is 0 Å². The van der Waals surface area contributed by atoms with Crippen molar-refractivity contribution in [2.75, 3.05) is 5.32 Å². The van der Waals surface area contributed by atoms with Crippen LogP contribution in [0.15, 0.2) is 29.1 Å². The van der Waals surface area contributed by atoms with Gasteiger partial charge in [-0.2, -0.15) is 0 Å². The van der Waals surface area contributed by atoms with E-state index in [1.807, 2.05) is 25.1 Å². The second-order valence-corrected chi connectivity index (χ2v) is 5.69. The second kappa shape index (κ2) is 5.75. The number of hydrogen-bond acceptors (Lipinski definition) is 4. The largest absolute Gasteiger partial charge is 0.366 e. The third-order valence-electron chi connectivity index (χ3n) is 4.19. The number of nitrogens with one attached hydrogen (secondary N) is 1. The Morgan fingerprint density at radius 1 is 1.18 bits per heavy atom. The number of hydrogen-bond donors (Lipinski definition) is 1. The molecule has 0 amide bonds. The van der Waals surface area contributed by atoms with Gasteiger partial charge in [0.05, 0.1) is 5.69 Å². The van der Waals surface area contributed by atoms with Crippen LogP contribution in [0.5, 0.6) is 0 Å². The van der Waals surface area contributed by atoms with E-state index in [9.17, 15) is 9.59 Å². The molecule has 2 aromatic heterocycles. The molecule has 5 heteroatoms.